The summed E-state index contributed by atoms with van der Waals surface area (Å²) in [5, 5.41) is 4.13. The maximum atomic E-state index is 5.33. The minimum atomic E-state index is 0.536. The summed E-state index contributed by atoms with van der Waals surface area (Å²) in [4.78, 5) is 5.33. The zero-order valence-corrected chi connectivity index (χ0v) is 10.6. The molecule has 0 saturated heterocycles. The van der Waals surface area contributed by atoms with Gasteiger partial charge in [0.25, 0.3) is 0 Å². The van der Waals surface area contributed by atoms with Crippen LogP contribution in [0.25, 0.3) is 0 Å². The van der Waals surface area contributed by atoms with Gasteiger partial charge in [0.2, 0.25) is 0 Å². The van der Waals surface area contributed by atoms with Crippen LogP contribution in [0.4, 0.5) is 0 Å². The zero-order chi connectivity index (χ0) is 12.3. The SMILES string of the molecule is C=C(O/N=C(\C)c1ccc(CC)cc1)C1CC1. The van der Waals surface area contributed by atoms with E-state index < -0.39 is 0 Å². The Morgan fingerprint density at radius 3 is 2.53 bits per heavy atom. The number of allylic oxidation sites excluding steroid dienone is 1. The molecule has 0 bridgehead atoms. The molecule has 0 spiro atoms. The number of hydrogen-bond donors (Lipinski definition) is 0. The van der Waals surface area contributed by atoms with Crippen LogP contribution in [0.1, 0.15) is 37.8 Å². The third-order valence-electron chi connectivity index (χ3n) is 3.11. The molecule has 1 aromatic carbocycles. The van der Waals surface area contributed by atoms with Gasteiger partial charge < -0.3 is 4.84 Å². The fourth-order valence-electron chi connectivity index (χ4n) is 1.64. The van der Waals surface area contributed by atoms with E-state index in [1.54, 1.807) is 0 Å². The van der Waals surface area contributed by atoms with Crippen molar-refractivity contribution in [2.24, 2.45) is 11.1 Å². The van der Waals surface area contributed by atoms with Gasteiger partial charge in [0, 0.05) is 5.92 Å². The van der Waals surface area contributed by atoms with Crippen molar-refractivity contribution in [3.8, 4) is 0 Å². The highest BCUT2D eigenvalue weighted by molar-refractivity contribution is 5.98. The first-order chi connectivity index (χ1) is 8.20. The summed E-state index contributed by atoms with van der Waals surface area (Å²) < 4.78 is 0. The molecule has 1 saturated carbocycles. The number of hydrogen-bond acceptors (Lipinski definition) is 2. The monoisotopic (exact) mass is 229 g/mol. The minimum absolute atomic E-state index is 0.536. The lowest BCUT2D eigenvalue weighted by atomic mass is 10.1. The minimum Gasteiger partial charge on any atom is -0.362 e. The van der Waals surface area contributed by atoms with Crippen LogP contribution in [0.3, 0.4) is 0 Å². The summed E-state index contributed by atoms with van der Waals surface area (Å²) in [7, 11) is 0. The van der Waals surface area contributed by atoms with E-state index in [9.17, 15) is 0 Å². The third-order valence-corrected chi connectivity index (χ3v) is 3.11. The lowest BCUT2D eigenvalue weighted by Gasteiger charge is -2.04. The second kappa shape index (κ2) is 5.17. The predicted octanol–water partition coefficient (Wildman–Crippen LogP) is 3.91. The molecule has 2 nitrogen and oxygen atoms in total. The molecule has 0 N–H and O–H groups in total. The van der Waals surface area contributed by atoms with E-state index in [-0.39, 0.29) is 0 Å². The smallest absolute Gasteiger partial charge is 0.131 e. The molecule has 0 aromatic heterocycles. The highest BCUT2D eigenvalue weighted by Gasteiger charge is 2.26. The molecule has 1 aromatic rings. The van der Waals surface area contributed by atoms with Gasteiger partial charge in [-0.15, -0.1) is 0 Å². The molecule has 0 atom stereocenters. The highest BCUT2D eigenvalue weighted by atomic mass is 16.6. The molecule has 0 amide bonds. The fourth-order valence-corrected chi connectivity index (χ4v) is 1.64. The van der Waals surface area contributed by atoms with Crippen molar-refractivity contribution in [2.75, 3.05) is 0 Å². The van der Waals surface area contributed by atoms with Crippen LogP contribution in [-0.2, 0) is 11.3 Å². The quantitative estimate of drug-likeness (QED) is 0.426. The first-order valence-electron chi connectivity index (χ1n) is 6.20. The van der Waals surface area contributed by atoms with E-state index in [0.717, 1.165) is 23.5 Å². The average molecular weight is 229 g/mol. The molecule has 0 unspecified atom stereocenters. The van der Waals surface area contributed by atoms with Crippen molar-refractivity contribution in [1.82, 2.24) is 0 Å². The maximum Gasteiger partial charge on any atom is 0.131 e. The highest BCUT2D eigenvalue weighted by Crippen LogP contribution is 2.36. The van der Waals surface area contributed by atoms with Crippen LogP contribution in [0.5, 0.6) is 0 Å². The van der Waals surface area contributed by atoms with Crippen molar-refractivity contribution >= 4 is 5.71 Å². The number of nitrogens with zero attached hydrogens (tertiary/aromatic N) is 1. The van der Waals surface area contributed by atoms with Crippen molar-refractivity contribution in [3.63, 3.8) is 0 Å². The molecular formula is C15H19NO. The molecule has 0 aliphatic heterocycles. The van der Waals surface area contributed by atoms with Crippen molar-refractivity contribution in [3.05, 3.63) is 47.7 Å². The first kappa shape index (κ1) is 11.9. The van der Waals surface area contributed by atoms with E-state index in [2.05, 4.69) is 42.9 Å². The summed E-state index contributed by atoms with van der Waals surface area (Å²) in [6.45, 7) is 7.99. The van der Waals surface area contributed by atoms with Gasteiger partial charge in [0.15, 0.2) is 0 Å². The largest absolute Gasteiger partial charge is 0.362 e. The van der Waals surface area contributed by atoms with E-state index in [1.807, 2.05) is 6.92 Å². The number of aryl methyl sites for hydroxylation is 1. The number of oxime groups is 1. The van der Waals surface area contributed by atoms with E-state index in [0.29, 0.717) is 5.92 Å². The lowest BCUT2D eigenvalue weighted by molar-refractivity contribution is 0.212. The third kappa shape index (κ3) is 3.19. The summed E-state index contributed by atoms with van der Waals surface area (Å²) >= 11 is 0. The summed E-state index contributed by atoms with van der Waals surface area (Å²) in [6, 6.07) is 8.43. The van der Waals surface area contributed by atoms with Crippen LogP contribution >= 0.6 is 0 Å². The van der Waals surface area contributed by atoms with Crippen molar-refractivity contribution < 1.29 is 4.84 Å². The second-order valence-corrected chi connectivity index (χ2v) is 4.56. The Balaban J connectivity index is 1.99. The molecule has 0 radical (unpaired) electrons. The Morgan fingerprint density at radius 2 is 2.00 bits per heavy atom. The summed E-state index contributed by atoms with van der Waals surface area (Å²) in [6.07, 6.45) is 3.45. The molecule has 90 valence electrons. The molecule has 1 fully saturated rings. The number of rotatable bonds is 5. The Morgan fingerprint density at radius 1 is 1.35 bits per heavy atom. The second-order valence-electron chi connectivity index (χ2n) is 4.56. The van der Waals surface area contributed by atoms with Gasteiger partial charge in [0.1, 0.15) is 5.76 Å². The topological polar surface area (TPSA) is 21.6 Å². The molecule has 2 heteroatoms. The zero-order valence-electron chi connectivity index (χ0n) is 10.6. The van der Waals surface area contributed by atoms with Crippen molar-refractivity contribution in [1.29, 1.82) is 0 Å². The average Bonchev–Trinajstić information content (AvgIpc) is 3.20. The molecule has 1 aliphatic carbocycles. The standard InChI is InChI=1S/C15H19NO/c1-4-13-5-7-14(8-6-13)11(2)16-17-12(3)15-9-10-15/h5-8,15H,3-4,9-10H2,1-2H3/b16-11+. The normalized spacial score (nSPS) is 15.8. The van der Waals surface area contributed by atoms with Crippen LogP contribution < -0.4 is 0 Å². The van der Waals surface area contributed by atoms with E-state index in [4.69, 9.17) is 4.84 Å². The van der Waals surface area contributed by atoms with Gasteiger partial charge in [-0.3, -0.25) is 0 Å². The van der Waals surface area contributed by atoms with Gasteiger partial charge in [-0.1, -0.05) is 42.9 Å². The fraction of sp³-hybridized carbons (Fsp3) is 0.400. The molecule has 2 rings (SSSR count). The molecule has 1 aliphatic rings. The Kier molecular flexibility index (Phi) is 3.62. The molecule has 17 heavy (non-hydrogen) atoms. The van der Waals surface area contributed by atoms with Crippen LogP contribution in [0.15, 0.2) is 41.8 Å². The Labute approximate surface area is 103 Å². The van der Waals surface area contributed by atoms with Crippen LogP contribution in [0, 0.1) is 5.92 Å². The summed E-state index contributed by atoms with van der Waals surface area (Å²) in [5.74, 6) is 1.34. The van der Waals surface area contributed by atoms with Gasteiger partial charge in [-0.05, 0) is 37.3 Å². The van der Waals surface area contributed by atoms with Gasteiger partial charge in [-0.25, -0.2) is 0 Å². The Hall–Kier alpha value is -1.57. The van der Waals surface area contributed by atoms with Crippen LogP contribution in [-0.4, -0.2) is 5.71 Å². The first-order valence-corrected chi connectivity index (χ1v) is 6.20. The molecular weight excluding hydrogens is 210 g/mol. The Bertz CT molecular complexity index is 427. The van der Waals surface area contributed by atoms with Gasteiger partial charge in [0.05, 0.1) is 5.71 Å². The molecule has 0 heterocycles. The maximum absolute atomic E-state index is 5.33. The van der Waals surface area contributed by atoms with Gasteiger partial charge >= 0.3 is 0 Å². The number of benzene rings is 1. The summed E-state index contributed by atoms with van der Waals surface area (Å²) in [5.41, 5.74) is 3.34. The van der Waals surface area contributed by atoms with E-state index in [1.165, 1.54) is 18.4 Å². The van der Waals surface area contributed by atoms with E-state index >= 15 is 0 Å². The lowest BCUT2D eigenvalue weighted by Crippen LogP contribution is -1.97. The van der Waals surface area contributed by atoms with Crippen LogP contribution in [0.2, 0.25) is 0 Å². The predicted molar refractivity (Wildman–Crippen MR) is 71.0 cm³/mol. The van der Waals surface area contributed by atoms with Gasteiger partial charge in [-0.2, -0.15) is 0 Å². The van der Waals surface area contributed by atoms with Crippen molar-refractivity contribution in [2.45, 2.75) is 33.1 Å².